The minimum atomic E-state index is 0.0196. The third kappa shape index (κ3) is 3.36. The van der Waals surface area contributed by atoms with Gasteiger partial charge in [-0.15, -0.1) is 0 Å². The van der Waals surface area contributed by atoms with Crippen LogP contribution in [0.3, 0.4) is 0 Å². The standard InChI is InChI=1S/C15H22O5/c1-10(9-16)6-7-11-14(19-4)12(17-2)8-13(18-3)15(11)20-5/h6,8,16H,7,9H2,1-5H3/b10-6+. The van der Waals surface area contributed by atoms with Crippen LogP contribution in [0.15, 0.2) is 17.7 Å². The summed E-state index contributed by atoms with van der Waals surface area (Å²) in [5.74, 6) is 2.37. The Kier molecular flexibility index (Phi) is 6.18. The number of benzene rings is 1. The monoisotopic (exact) mass is 282 g/mol. The van der Waals surface area contributed by atoms with Crippen LogP contribution in [0.1, 0.15) is 12.5 Å². The van der Waals surface area contributed by atoms with E-state index in [0.717, 1.165) is 11.1 Å². The van der Waals surface area contributed by atoms with Gasteiger partial charge in [-0.05, 0) is 13.3 Å². The van der Waals surface area contributed by atoms with E-state index in [4.69, 9.17) is 24.1 Å². The van der Waals surface area contributed by atoms with Gasteiger partial charge in [-0.1, -0.05) is 11.6 Å². The Hall–Kier alpha value is -1.88. The van der Waals surface area contributed by atoms with Crippen molar-refractivity contribution in [2.75, 3.05) is 35.0 Å². The topological polar surface area (TPSA) is 57.2 Å². The van der Waals surface area contributed by atoms with Gasteiger partial charge in [0.05, 0.1) is 35.0 Å². The first-order valence-electron chi connectivity index (χ1n) is 6.25. The molecule has 5 heteroatoms. The van der Waals surface area contributed by atoms with Crippen LogP contribution in [-0.2, 0) is 6.42 Å². The van der Waals surface area contributed by atoms with Crippen molar-refractivity contribution in [3.05, 3.63) is 23.3 Å². The summed E-state index contributed by atoms with van der Waals surface area (Å²) in [6.07, 6.45) is 2.46. The molecule has 0 amide bonds. The predicted octanol–water partition coefficient (Wildman–Crippen LogP) is 2.20. The van der Waals surface area contributed by atoms with Crippen LogP contribution >= 0.6 is 0 Å². The maximum absolute atomic E-state index is 9.09. The number of aliphatic hydroxyl groups is 1. The molecule has 0 atom stereocenters. The molecular weight excluding hydrogens is 260 g/mol. The van der Waals surface area contributed by atoms with E-state index in [1.165, 1.54) is 0 Å². The molecular formula is C15H22O5. The minimum Gasteiger partial charge on any atom is -0.493 e. The fraction of sp³-hybridized carbons (Fsp3) is 0.467. The van der Waals surface area contributed by atoms with Crippen LogP contribution in [0.25, 0.3) is 0 Å². The fourth-order valence-electron chi connectivity index (χ4n) is 1.93. The summed E-state index contributed by atoms with van der Waals surface area (Å²) in [4.78, 5) is 0. The van der Waals surface area contributed by atoms with E-state index >= 15 is 0 Å². The number of allylic oxidation sites excluding steroid dienone is 1. The highest BCUT2D eigenvalue weighted by atomic mass is 16.5. The van der Waals surface area contributed by atoms with Gasteiger partial charge in [-0.2, -0.15) is 0 Å². The second kappa shape index (κ2) is 7.65. The molecule has 0 saturated carbocycles. The van der Waals surface area contributed by atoms with Crippen LogP contribution in [0, 0.1) is 0 Å². The molecule has 112 valence electrons. The molecule has 0 saturated heterocycles. The molecule has 0 aliphatic carbocycles. The zero-order valence-corrected chi connectivity index (χ0v) is 12.6. The Balaban J connectivity index is 3.41. The molecule has 1 aromatic rings. The molecule has 0 spiro atoms. The Morgan fingerprint density at radius 2 is 1.50 bits per heavy atom. The number of methoxy groups -OCH3 is 4. The fourth-order valence-corrected chi connectivity index (χ4v) is 1.93. The molecule has 0 bridgehead atoms. The number of hydrogen-bond donors (Lipinski definition) is 1. The minimum absolute atomic E-state index is 0.0196. The lowest BCUT2D eigenvalue weighted by Crippen LogP contribution is -2.02. The zero-order valence-electron chi connectivity index (χ0n) is 12.6. The Morgan fingerprint density at radius 3 is 1.85 bits per heavy atom. The molecule has 1 rings (SSSR count). The Bertz CT molecular complexity index is 449. The molecule has 0 aliphatic heterocycles. The van der Waals surface area contributed by atoms with Crippen molar-refractivity contribution in [3.8, 4) is 23.0 Å². The predicted molar refractivity (Wildman–Crippen MR) is 77.2 cm³/mol. The van der Waals surface area contributed by atoms with Crippen molar-refractivity contribution in [1.29, 1.82) is 0 Å². The number of hydrogen-bond acceptors (Lipinski definition) is 5. The Labute approximate surface area is 119 Å². The second-order valence-corrected chi connectivity index (χ2v) is 4.24. The average molecular weight is 282 g/mol. The van der Waals surface area contributed by atoms with Crippen molar-refractivity contribution < 1.29 is 24.1 Å². The van der Waals surface area contributed by atoms with Crippen LogP contribution in [0.5, 0.6) is 23.0 Å². The van der Waals surface area contributed by atoms with Gasteiger partial charge in [0.25, 0.3) is 0 Å². The lowest BCUT2D eigenvalue weighted by molar-refractivity contribution is 0.324. The average Bonchev–Trinajstić information content (AvgIpc) is 2.50. The summed E-state index contributed by atoms with van der Waals surface area (Å²) in [7, 11) is 6.30. The first-order chi connectivity index (χ1) is 9.62. The molecule has 1 N–H and O–H groups in total. The molecule has 1 aromatic carbocycles. The molecule has 0 radical (unpaired) electrons. The van der Waals surface area contributed by atoms with E-state index in [9.17, 15) is 0 Å². The highest BCUT2D eigenvalue weighted by molar-refractivity contribution is 5.61. The van der Waals surface area contributed by atoms with Crippen molar-refractivity contribution in [3.63, 3.8) is 0 Å². The maximum Gasteiger partial charge on any atom is 0.168 e. The highest BCUT2D eigenvalue weighted by Gasteiger charge is 2.20. The van der Waals surface area contributed by atoms with Gasteiger partial charge in [0.1, 0.15) is 0 Å². The Morgan fingerprint density at radius 1 is 1.00 bits per heavy atom. The van der Waals surface area contributed by atoms with Gasteiger partial charge < -0.3 is 24.1 Å². The van der Waals surface area contributed by atoms with Gasteiger partial charge in [0.15, 0.2) is 23.0 Å². The molecule has 0 aromatic heterocycles. The van der Waals surface area contributed by atoms with Crippen molar-refractivity contribution >= 4 is 0 Å². The quantitative estimate of drug-likeness (QED) is 0.777. The maximum atomic E-state index is 9.09. The summed E-state index contributed by atoms with van der Waals surface area (Å²) in [5, 5.41) is 9.09. The highest BCUT2D eigenvalue weighted by Crippen LogP contribution is 2.44. The summed E-state index contributed by atoms with van der Waals surface area (Å²) in [6.45, 7) is 1.88. The number of ether oxygens (including phenoxy) is 4. The molecule has 5 nitrogen and oxygen atoms in total. The van der Waals surface area contributed by atoms with E-state index < -0.39 is 0 Å². The van der Waals surface area contributed by atoms with Crippen LogP contribution < -0.4 is 18.9 Å². The van der Waals surface area contributed by atoms with Crippen molar-refractivity contribution in [1.82, 2.24) is 0 Å². The summed E-state index contributed by atoms with van der Waals surface area (Å²) in [6, 6.07) is 1.73. The first-order valence-corrected chi connectivity index (χ1v) is 6.25. The van der Waals surface area contributed by atoms with E-state index in [2.05, 4.69) is 0 Å². The molecule has 0 unspecified atom stereocenters. The van der Waals surface area contributed by atoms with Gasteiger partial charge >= 0.3 is 0 Å². The third-order valence-corrected chi connectivity index (χ3v) is 3.01. The lowest BCUT2D eigenvalue weighted by atomic mass is 10.1. The zero-order chi connectivity index (χ0) is 15.1. The van der Waals surface area contributed by atoms with E-state index in [1.54, 1.807) is 34.5 Å². The summed E-state index contributed by atoms with van der Waals surface area (Å²) >= 11 is 0. The second-order valence-electron chi connectivity index (χ2n) is 4.24. The van der Waals surface area contributed by atoms with E-state index in [1.807, 2.05) is 13.0 Å². The van der Waals surface area contributed by atoms with Gasteiger partial charge in [-0.3, -0.25) is 0 Å². The summed E-state index contributed by atoms with van der Waals surface area (Å²) < 4.78 is 21.5. The van der Waals surface area contributed by atoms with Crippen LogP contribution in [0.4, 0.5) is 0 Å². The number of rotatable bonds is 7. The molecule has 20 heavy (non-hydrogen) atoms. The van der Waals surface area contributed by atoms with Crippen molar-refractivity contribution in [2.45, 2.75) is 13.3 Å². The smallest absolute Gasteiger partial charge is 0.168 e. The normalized spacial score (nSPS) is 11.2. The van der Waals surface area contributed by atoms with Crippen molar-refractivity contribution in [2.24, 2.45) is 0 Å². The molecule has 0 fully saturated rings. The van der Waals surface area contributed by atoms with Crippen LogP contribution in [0.2, 0.25) is 0 Å². The lowest BCUT2D eigenvalue weighted by Gasteiger charge is -2.18. The number of aliphatic hydroxyl groups excluding tert-OH is 1. The van der Waals surface area contributed by atoms with E-state index in [-0.39, 0.29) is 6.61 Å². The van der Waals surface area contributed by atoms with Gasteiger partial charge in [0, 0.05) is 11.6 Å². The van der Waals surface area contributed by atoms with Gasteiger partial charge in [0.2, 0.25) is 0 Å². The third-order valence-electron chi connectivity index (χ3n) is 3.01. The summed E-state index contributed by atoms with van der Waals surface area (Å²) in [5.41, 5.74) is 1.69. The SMILES string of the molecule is COc1cc(OC)c(OC)c(C/C=C(\C)CO)c1OC. The van der Waals surface area contributed by atoms with E-state index in [0.29, 0.717) is 29.4 Å². The molecule has 0 heterocycles. The molecule has 0 aliphatic rings. The largest absolute Gasteiger partial charge is 0.493 e. The first kappa shape index (κ1) is 16.2. The van der Waals surface area contributed by atoms with Crippen LogP contribution in [-0.4, -0.2) is 40.2 Å². The van der Waals surface area contributed by atoms with Gasteiger partial charge in [-0.25, -0.2) is 0 Å².